The van der Waals surface area contributed by atoms with Crippen LogP contribution in [0.5, 0.6) is 0 Å². The van der Waals surface area contributed by atoms with Gasteiger partial charge in [0, 0.05) is 13.1 Å². The first-order valence-electron chi connectivity index (χ1n) is 6.30. The minimum absolute atomic E-state index is 0.0331. The molecule has 0 aromatic carbocycles. The van der Waals surface area contributed by atoms with Crippen LogP contribution < -0.4 is 15.2 Å². The van der Waals surface area contributed by atoms with Crippen LogP contribution in [-0.4, -0.2) is 45.6 Å². The van der Waals surface area contributed by atoms with Crippen molar-refractivity contribution in [2.24, 2.45) is 5.14 Å². The second-order valence-electron chi connectivity index (χ2n) is 4.29. The third kappa shape index (κ3) is 6.80. The van der Waals surface area contributed by atoms with Gasteiger partial charge in [-0.2, -0.15) is 0 Å². The average molecular weight is 337 g/mol. The molecule has 9 nitrogen and oxygen atoms in total. The van der Waals surface area contributed by atoms with Crippen LogP contribution in [-0.2, 0) is 20.0 Å². The maximum Gasteiger partial charge on any atom is 0.243 e. The first kappa shape index (κ1) is 17.8. The van der Waals surface area contributed by atoms with Gasteiger partial charge >= 0.3 is 0 Å². The zero-order valence-corrected chi connectivity index (χ0v) is 13.2. The molecule has 120 valence electrons. The van der Waals surface area contributed by atoms with Gasteiger partial charge in [0.15, 0.2) is 0 Å². The Morgan fingerprint density at radius 2 is 1.76 bits per heavy atom. The van der Waals surface area contributed by atoms with Crippen molar-refractivity contribution >= 4 is 26.0 Å². The van der Waals surface area contributed by atoms with Gasteiger partial charge in [-0.25, -0.2) is 36.7 Å². The van der Waals surface area contributed by atoms with Gasteiger partial charge in [-0.1, -0.05) is 6.92 Å². The standard InChI is InChI=1S/C10H19N5O4S2/c1-2-4-12-10-13-7-9(8-14-10)21(18,19)15-5-3-6-20(11,16)17/h7-8,15H,2-6H2,1H3,(H2,11,16,17)(H,12,13,14). The number of nitrogens with zero attached hydrogens (tertiary/aromatic N) is 2. The van der Waals surface area contributed by atoms with E-state index in [0.717, 1.165) is 6.42 Å². The number of primary sulfonamides is 1. The van der Waals surface area contributed by atoms with Gasteiger partial charge in [-0.15, -0.1) is 0 Å². The summed E-state index contributed by atoms with van der Waals surface area (Å²) < 4.78 is 47.5. The molecule has 1 aromatic rings. The third-order valence-electron chi connectivity index (χ3n) is 2.37. The molecule has 0 saturated carbocycles. The Labute approximate surface area is 124 Å². The second-order valence-corrected chi connectivity index (χ2v) is 7.79. The van der Waals surface area contributed by atoms with E-state index in [0.29, 0.717) is 12.5 Å². The molecular formula is C10H19N5O4S2. The highest BCUT2D eigenvalue weighted by Gasteiger charge is 2.15. The number of hydrogen-bond acceptors (Lipinski definition) is 7. The Morgan fingerprint density at radius 1 is 1.14 bits per heavy atom. The van der Waals surface area contributed by atoms with Crippen molar-refractivity contribution < 1.29 is 16.8 Å². The molecule has 1 heterocycles. The molecule has 0 fully saturated rings. The number of aromatic nitrogens is 2. The summed E-state index contributed by atoms with van der Waals surface area (Å²) in [6.07, 6.45) is 3.37. The van der Waals surface area contributed by atoms with E-state index >= 15 is 0 Å². The van der Waals surface area contributed by atoms with Crippen LogP contribution in [0, 0.1) is 0 Å². The molecule has 0 spiro atoms. The Bertz CT molecular complexity index is 643. The van der Waals surface area contributed by atoms with Gasteiger partial charge in [0.1, 0.15) is 4.90 Å². The van der Waals surface area contributed by atoms with Crippen LogP contribution >= 0.6 is 0 Å². The van der Waals surface area contributed by atoms with Crippen LogP contribution in [0.25, 0.3) is 0 Å². The summed E-state index contributed by atoms with van der Waals surface area (Å²) in [7, 11) is -7.34. The molecule has 0 aliphatic rings. The van der Waals surface area contributed by atoms with Crippen LogP contribution in [0.4, 0.5) is 5.95 Å². The van der Waals surface area contributed by atoms with Crippen molar-refractivity contribution in [3.63, 3.8) is 0 Å². The van der Waals surface area contributed by atoms with Crippen LogP contribution in [0.2, 0.25) is 0 Å². The summed E-state index contributed by atoms with van der Waals surface area (Å²) >= 11 is 0. The zero-order chi connectivity index (χ0) is 15.9. The molecule has 0 saturated heterocycles. The van der Waals surface area contributed by atoms with Gasteiger partial charge in [0.2, 0.25) is 26.0 Å². The highest BCUT2D eigenvalue weighted by molar-refractivity contribution is 7.89. The fourth-order valence-electron chi connectivity index (χ4n) is 1.35. The first-order chi connectivity index (χ1) is 9.74. The monoisotopic (exact) mass is 337 g/mol. The highest BCUT2D eigenvalue weighted by atomic mass is 32.2. The molecule has 0 atom stereocenters. The van der Waals surface area contributed by atoms with Crippen molar-refractivity contribution in [2.75, 3.05) is 24.2 Å². The normalized spacial score (nSPS) is 12.3. The quantitative estimate of drug-likeness (QED) is 0.503. The minimum Gasteiger partial charge on any atom is -0.354 e. The summed E-state index contributed by atoms with van der Waals surface area (Å²) in [6.45, 7) is 2.64. The highest BCUT2D eigenvalue weighted by Crippen LogP contribution is 2.07. The number of nitrogens with two attached hydrogens (primary N) is 1. The molecule has 1 aromatic heterocycles. The first-order valence-corrected chi connectivity index (χ1v) is 9.50. The lowest BCUT2D eigenvalue weighted by atomic mass is 10.5. The largest absolute Gasteiger partial charge is 0.354 e. The number of rotatable bonds is 9. The summed E-state index contributed by atoms with van der Waals surface area (Å²) in [5.41, 5.74) is 0. The van der Waals surface area contributed by atoms with E-state index in [4.69, 9.17) is 5.14 Å². The lowest BCUT2D eigenvalue weighted by Gasteiger charge is -2.07. The van der Waals surface area contributed by atoms with Crippen molar-refractivity contribution in [2.45, 2.75) is 24.7 Å². The Morgan fingerprint density at radius 3 is 2.29 bits per heavy atom. The third-order valence-corrected chi connectivity index (χ3v) is 4.64. The van der Waals surface area contributed by atoms with Crippen molar-refractivity contribution in [3.8, 4) is 0 Å². The Kier molecular flexibility index (Phi) is 6.45. The van der Waals surface area contributed by atoms with E-state index in [1.807, 2.05) is 6.92 Å². The van der Waals surface area contributed by atoms with Gasteiger partial charge in [-0.3, -0.25) is 0 Å². The van der Waals surface area contributed by atoms with Crippen LogP contribution in [0.15, 0.2) is 17.3 Å². The average Bonchev–Trinajstić information content (AvgIpc) is 2.41. The molecular weight excluding hydrogens is 318 g/mol. The lowest BCUT2D eigenvalue weighted by molar-refractivity contribution is 0.576. The molecule has 0 unspecified atom stereocenters. The maximum atomic E-state index is 11.9. The lowest BCUT2D eigenvalue weighted by Crippen LogP contribution is -2.27. The van der Waals surface area contributed by atoms with Crippen LogP contribution in [0.1, 0.15) is 19.8 Å². The fourth-order valence-corrected chi connectivity index (χ4v) is 2.86. The van der Waals surface area contributed by atoms with E-state index in [1.54, 1.807) is 0 Å². The van der Waals surface area contributed by atoms with Crippen molar-refractivity contribution in [1.29, 1.82) is 0 Å². The van der Waals surface area contributed by atoms with Gasteiger partial charge in [-0.05, 0) is 12.8 Å². The predicted octanol–water partition coefficient (Wildman–Crippen LogP) is -0.745. The topological polar surface area (TPSA) is 144 Å². The van der Waals surface area contributed by atoms with Crippen LogP contribution in [0.3, 0.4) is 0 Å². The molecule has 0 radical (unpaired) electrons. The fraction of sp³-hybridized carbons (Fsp3) is 0.600. The molecule has 0 aliphatic heterocycles. The Balaban J connectivity index is 2.57. The number of nitrogens with one attached hydrogen (secondary N) is 2. The molecule has 0 amide bonds. The maximum absolute atomic E-state index is 11.9. The van der Waals surface area contributed by atoms with Crippen molar-refractivity contribution in [1.82, 2.24) is 14.7 Å². The smallest absolute Gasteiger partial charge is 0.243 e. The number of sulfonamides is 2. The Hall–Kier alpha value is -1.30. The molecule has 1 rings (SSSR count). The summed E-state index contributed by atoms with van der Waals surface area (Å²) in [5, 5.41) is 7.74. The predicted molar refractivity (Wildman–Crippen MR) is 78.6 cm³/mol. The molecule has 11 heteroatoms. The van der Waals surface area contributed by atoms with Gasteiger partial charge < -0.3 is 5.32 Å². The molecule has 0 aliphatic carbocycles. The second kappa shape index (κ2) is 7.64. The molecule has 4 N–H and O–H groups in total. The van der Waals surface area contributed by atoms with Gasteiger partial charge in [0.05, 0.1) is 18.1 Å². The van der Waals surface area contributed by atoms with E-state index < -0.39 is 20.0 Å². The minimum atomic E-state index is -3.75. The van der Waals surface area contributed by atoms with E-state index in [9.17, 15) is 16.8 Å². The summed E-state index contributed by atoms with van der Waals surface area (Å²) in [6, 6.07) is 0. The number of hydrogen-bond donors (Lipinski definition) is 3. The van der Waals surface area contributed by atoms with E-state index in [-0.39, 0.29) is 23.6 Å². The molecule has 21 heavy (non-hydrogen) atoms. The van der Waals surface area contributed by atoms with E-state index in [1.165, 1.54) is 12.4 Å². The summed E-state index contributed by atoms with van der Waals surface area (Å²) in [4.78, 5) is 7.70. The van der Waals surface area contributed by atoms with Crippen molar-refractivity contribution in [3.05, 3.63) is 12.4 Å². The number of anilines is 1. The zero-order valence-electron chi connectivity index (χ0n) is 11.6. The summed E-state index contributed by atoms with van der Waals surface area (Å²) in [5.74, 6) is 0.0661. The van der Waals surface area contributed by atoms with Gasteiger partial charge in [0.25, 0.3) is 0 Å². The SMILES string of the molecule is CCCNc1ncc(S(=O)(=O)NCCCS(N)(=O)=O)cn1. The molecule has 0 bridgehead atoms. The van der Waals surface area contributed by atoms with E-state index in [2.05, 4.69) is 20.0 Å².